The summed E-state index contributed by atoms with van der Waals surface area (Å²) in [5, 5.41) is 13.0. The number of carbonyl (C=O) groups is 3. The maximum atomic E-state index is 11.3. The van der Waals surface area contributed by atoms with Crippen LogP contribution in [-0.4, -0.2) is 36.7 Å². The van der Waals surface area contributed by atoms with Crippen LogP contribution in [0, 0.1) is 0 Å². The van der Waals surface area contributed by atoms with Crippen LogP contribution in [-0.2, 0) is 16.0 Å². The van der Waals surface area contributed by atoms with E-state index in [1.54, 1.807) is 24.3 Å². The van der Waals surface area contributed by atoms with Gasteiger partial charge in [-0.25, -0.2) is 4.79 Å². The molecule has 108 valence electrons. The van der Waals surface area contributed by atoms with Crippen LogP contribution in [0.4, 0.5) is 4.79 Å². The average molecular weight is 280 g/mol. The van der Waals surface area contributed by atoms with Crippen LogP contribution in [0.2, 0.25) is 0 Å². The number of carbonyl (C=O) groups excluding carboxylic acids is 2. The molecule has 7 heteroatoms. The first-order chi connectivity index (χ1) is 9.51. The number of carboxylic acids is 1. The highest BCUT2D eigenvalue weighted by atomic mass is 16.5. The summed E-state index contributed by atoms with van der Waals surface area (Å²) in [6, 6.07) is 6.00. The third-order valence-corrected chi connectivity index (χ3v) is 2.36. The van der Waals surface area contributed by atoms with Gasteiger partial charge in [-0.2, -0.15) is 0 Å². The van der Waals surface area contributed by atoms with Gasteiger partial charge in [0, 0.05) is 7.05 Å². The molecular formula is C13H16N2O5. The number of rotatable bonds is 6. The highest BCUT2D eigenvalue weighted by Gasteiger charge is 2.06. The van der Waals surface area contributed by atoms with Crippen LogP contribution in [0.1, 0.15) is 12.0 Å². The van der Waals surface area contributed by atoms with Crippen molar-refractivity contribution in [3.05, 3.63) is 29.8 Å². The average Bonchev–Trinajstić information content (AvgIpc) is 2.40. The molecule has 0 bridgehead atoms. The Morgan fingerprint density at radius 3 is 2.40 bits per heavy atom. The van der Waals surface area contributed by atoms with Gasteiger partial charge in [0.25, 0.3) is 0 Å². The lowest BCUT2D eigenvalue weighted by molar-refractivity contribution is -0.136. The summed E-state index contributed by atoms with van der Waals surface area (Å²) in [7, 11) is 1.41. The van der Waals surface area contributed by atoms with E-state index in [0.29, 0.717) is 11.3 Å². The third kappa shape index (κ3) is 5.85. The SMILES string of the molecule is CNC(=O)NC(=O)CCOc1ccc(CC(=O)O)cc1. The molecule has 3 amide bonds. The molecule has 20 heavy (non-hydrogen) atoms. The van der Waals surface area contributed by atoms with E-state index in [4.69, 9.17) is 9.84 Å². The zero-order valence-electron chi connectivity index (χ0n) is 11.0. The smallest absolute Gasteiger partial charge is 0.321 e. The summed E-state index contributed by atoms with van der Waals surface area (Å²) in [5.74, 6) is -0.803. The molecule has 0 unspecified atom stereocenters. The van der Waals surface area contributed by atoms with Crippen molar-refractivity contribution < 1.29 is 24.2 Å². The van der Waals surface area contributed by atoms with Crippen molar-refractivity contribution in [2.45, 2.75) is 12.8 Å². The Bertz CT molecular complexity index is 484. The molecule has 0 aliphatic rings. The molecule has 0 atom stereocenters. The summed E-state index contributed by atoms with van der Waals surface area (Å²) in [6.07, 6.45) is -0.000880. The standard InChI is InChI=1S/C13H16N2O5/c1-14-13(19)15-11(16)6-7-20-10-4-2-9(3-5-10)8-12(17)18/h2-5H,6-8H2,1H3,(H,17,18)(H2,14,15,16,19). The van der Waals surface area contributed by atoms with E-state index in [-0.39, 0.29) is 19.4 Å². The molecule has 0 heterocycles. The van der Waals surface area contributed by atoms with E-state index in [1.165, 1.54) is 7.05 Å². The van der Waals surface area contributed by atoms with Gasteiger partial charge in [0.2, 0.25) is 5.91 Å². The first kappa shape index (κ1) is 15.5. The highest BCUT2D eigenvalue weighted by Crippen LogP contribution is 2.12. The predicted octanol–water partition coefficient (Wildman–Crippen LogP) is 0.538. The highest BCUT2D eigenvalue weighted by molar-refractivity contribution is 5.94. The maximum Gasteiger partial charge on any atom is 0.321 e. The van der Waals surface area contributed by atoms with Crippen molar-refractivity contribution in [1.29, 1.82) is 0 Å². The van der Waals surface area contributed by atoms with Gasteiger partial charge in [0.1, 0.15) is 5.75 Å². The number of hydrogen-bond donors (Lipinski definition) is 3. The van der Waals surface area contributed by atoms with Crippen molar-refractivity contribution >= 4 is 17.9 Å². The number of benzene rings is 1. The Morgan fingerprint density at radius 2 is 1.85 bits per heavy atom. The molecule has 0 fully saturated rings. The van der Waals surface area contributed by atoms with Gasteiger partial charge < -0.3 is 15.2 Å². The second-order valence-electron chi connectivity index (χ2n) is 3.94. The Balaban J connectivity index is 2.33. The molecule has 3 N–H and O–H groups in total. The first-order valence-electron chi connectivity index (χ1n) is 5.96. The van der Waals surface area contributed by atoms with Crippen LogP contribution >= 0.6 is 0 Å². The summed E-state index contributed by atoms with van der Waals surface area (Å²) >= 11 is 0. The van der Waals surface area contributed by atoms with Gasteiger partial charge in [0.15, 0.2) is 0 Å². The summed E-state index contributed by atoms with van der Waals surface area (Å²) in [5.41, 5.74) is 0.669. The second-order valence-corrected chi connectivity index (χ2v) is 3.94. The van der Waals surface area contributed by atoms with Gasteiger partial charge in [0.05, 0.1) is 19.4 Å². The quantitative estimate of drug-likeness (QED) is 0.705. The monoisotopic (exact) mass is 280 g/mol. The lowest BCUT2D eigenvalue weighted by atomic mass is 10.1. The van der Waals surface area contributed by atoms with Crippen LogP contribution in [0.15, 0.2) is 24.3 Å². The van der Waals surface area contributed by atoms with E-state index < -0.39 is 17.9 Å². The maximum absolute atomic E-state index is 11.3. The molecule has 1 rings (SSSR count). The molecule has 0 saturated carbocycles. The number of hydrogen-bond acceptors (Lipinski definition) is 4. The van der Waals surface area contributed by atoms with E-state index >= 15 is 0 Å². The van der Waals surface area contributed by atoms with Gasteiger partial charge in [-0.3, -0.25) is 14.9 Å². The van der Waals surface area contributed by atoms with E-state index in [9.17, 15) is 14.4 Å². The van der Waals surface area contributed by atoms with Crippen molar-refractivity contribution in [2.24, 2.45) is 0 Å². The Labute approximate surface area is 115 Å². The van der Waals surface area contributed by atoms with Crippen molar-refractivity contribution in [3.63, 3.8) is 0 Å². The Hall–Kier alpha value is -2.57. The van der Waals surface area contributed by atoms with E-state index in [0.717, 1.165) is 0 Å². The van der Waals surface area contributed by atoms with Crippen LogP contribution in [0.3, 0.4) is 0 Å². The molecule has 7 nitrogen and oxygen atoms in total. The molecule has 0 aromatic heterocycles. The van der Waals surface area contributed by atoms with Crippen LogP contribution < -0.4 is 15.4 Å². The summed E-state index contributed by atoms with van der Waals surface area (Å²) in [4.78, 5) is 32.6. The number of amides is 3. The summed E-state index contributed by atoms with van der Waals surface area (Å²) < 4.78 is 5.31. The fourth-order valence-corrected chi connectivity index (χ4v) is 1.39. The third-order valence-electron chi connectivity index (χ3n) is 2.36. The molecule has 0 saturated heterocycles. The van der Waals surface area contributed by atoms with Crippen molar-refractivity contribution in [3.8, 4) is 5.75 Å². The number of carboxylic acid groups (broad SMARTS) is 1. The molecule has 1 aromatic carbocycles. The minimum atomic E-state index is -0.899. The zero-order valence-corrected chi connectivity index (χ0v) is 11.0. The van der Waals surface area contributed by atoms with Gasteiger partial charge in [-0.15, -0.1) is 0 Å². The molecule has 1 aromatic rings. The van der Waals surface area contributed by atoms with E-state index in [1.807, 2.05) is 0 Å². The number of urea groups is 1. The van der Waals surface area contributed by atoms with Crippen molar-refractivity contribution in [1.82, 2.24) is 10.6 Å². The molecule has 0 aliphatic heterocycles. The topological polar surface area (TPSA) is 105 Å². The van der Waals surface area contributed by atoms with Gasteiger partial charge in [-0.1, -0.05) is 12.1 Å². The van der Waals surface area contributed by atoms with E-state index in [2.05, 4.69) is 10.6 Å². The number of imide groups is 1. The Morgan fingerprint density at radius 1 is 1.20 bits per heavy atom. The van der Waals surface area contributed by atoms with Crippen LogP contribution in [0.25, 0.3) is 0 Å². The minimum Gasteiger partial charge on any atom is -0.493 e. The lowest BCUT2D eigenvalue weighted by Crippen LogP contribution is -2.37. The second kappa shape index (κ2) is 7.78. The first-order valence-corrected chi connectivity index (χ1v) is 5.96. The number of ether oxygens (including phenoxy) is 1. The number of aliphatic carboxylic acids is 1. The van der Waals surface area contributed by atoms with Crippen molar-refractivity contribution in [2.75, 3.05) is 13.7 Å². The summed E-state index contributed by atoms with van der Waals surface area (Å²) in [6.45, 7) is 0.126. The molecule has 0 spiro atoms. The molecule has 0 radical (unpaired) electrons. The van der Waals surface area contributed by atoms with Gasteiger partial charge in [-0.05, 0) is 17.7 Å². The predicted molar refractivity (Wildman–Crippen MR) is 70.5 cm³/mol. The molecular weight excluding hydrogens is 264 g/mol. The fraction of sp³-hybridized carbons (Fsp3) is 0.308. The van der Waals surface area contributed by atoms with Crippen LogP contribution in [0.5, 0.6) is 5.75 Å². The fourth-order valence-electron chi connectivity index (χ4n) is 1.39. The largest absolute Gasteiger partial charge is 0.493 e. The normalized spacial score (nSPS) is 9.65. The Kier molecular flexibility index (Phi) is 6.02. The minimum absolute atomic E-state index is 0.0459. The number of nitrogens with one attached hydrogen (secondary N) is 2. The lowest BCUT2D eigenvalue weighted by Gasteiger charge is -2.07. The van der Waals surface area contributed by atoms with Gasteiger partial charge >= 0.3 is 12.0 Å². The molecule has 0 aliphatic carbocycles. The zero-order chi connectivity index (χ0) is 15.0.